The summed E-state index contributed by atoms with van der Waals surface area (Å²) in [5, 5.41) is 0. The summed E-state index contributed by atoms with van der Waals surface area (Å²) >= 11 is 0. The van der Waals surface area contributed by atoms with Crippen molar-refractivity contribution < 1.29 is 8.42 Å². The lowest BCUT2D eigenvalue weighted by atomic mass is 10.3. The number of nitrogens with zero attached hydrogens (tertiary/aromatic N) is 4. The molecule has 0 aliphatic heterocycles. The molecule has 0 amide bonds. The molecule has 128 valence electrons. The maximum atomic E-state index is 12.7. The second-order valence-electron chi connectivity index (χ2n) is 6.18. The molecule has 0 aliphatic carbocycles. The summed E-state index contributed by atoms with van der Waals surface area (Å²) in [5.74, 6) is 0.864. The number of benzene rings is 2. The van der Waals surface area contributed by atoms with E-state index in [2.05, 4.69) is 9.97 Å². The SMILES string of the molecule is Cn1c(CS(=O)(=O)Cc2nc3ccccc3n2C)nc2ccccc21. The smallest absolute Gasteiger partial charge is 0.164 e. The van der Waals surface area contributed by atoms with Crippen LogP contribution in [-0.4, -0.2) is 27.5 Å². The highest BCUT2D eigenvalue weighted by Crippen LogP contribution is 2.20. The van der Waals surface area contributed by atoms with Gasteiger partial charge in [0.2, 0.25) is 0 Å². The topological polar surface area (TPSA) is 69.8 Å². The molecule has 2 aromatic carbocycles. The van der Waals surface area contributed by atoms with Crippen LogP contribution in [0.5, 0.6) is 0 Å². The lowest BCUT2D eigenvalue weighted by Gasteiger charge is -2.05. The Labute approximate surface area is 145 Å². The summed E-state index contributed by atoms with van der Waals surface area (Å²) in [4.78, 5) is 8.92. The number of para-hydroxylation sites is 4. The Morgan fingerprint density at radius 2 is 1.16 bits per heavy atom. The van der Waals surface area contributed by atoms with Gasteiger partial charge in [0.05, 0.1) is 22.1 Å². The van der Waals surface area contributed by atoms with Crippen LogP contribution in [0.2, 0.25) is 0 Å². The van der Waals surface area contributed by atoms with Crippen molar-refractivity contribution in [3.63, 3.8) is 0 Å². The number of aryl methyl sites for hydroxylation is 2. The molecular formula is C18H18N4O2S. The zero-order valence-electron chi connectivity index (χ0n) is 14.0. The Bertz CT molecular complexity index is 1100. The molecule has 0 aliphatic rings. The monoisotopic (exact) mass is 354 g/mol. The quantitative estimate of drug-likeness (QED) is 0.565. The molecule has 0 spiro atoms. The molecular weight excluding hydrogens is 336 g/mol. The lowest BCUT2D eigenvalue weighted by molar-refractivity contribution is 0.589. The van der Waals surface area contributed by atoms with Gasteiger partial charge in [0.25, 0.3) is 0 Å². The van der Waals surface area contributed by atoms with Gasteiger partial charge in [-0.1, -0.05) is 24.3 Å². The first-order valence-electron chi connectivity index (χ1n) is 7.96. The molecule has 0 radical (unpaired) electrons. The fourth-order valence-electron chi connectivity index (χ4n) is 3.09. The standard InChI is InChI=1S/C18H18N4O2S/c1-21-15-9-5-3-7-13(15)19-17(21)11-25(23,24)12-18-20-14-8-4-6-10-16(14)22(18)2/h3-10H,11-12H2,1-2H3. The van der Waals surface area contributed by atoms with Gasteiger partial charge in [-0.15, -0.1) is 0 Å². The highest BCUT2D eigenvalue weighted by atomic mass is 32.2. The van der Waals surface area contributed by atoms with E-state index in [4.69, 9.17) is 0 Å². The summed E-state index contributed by atoms with van der Waals surface area (Å²) in [6, 6.07) is 15.3. The maximum absolute atomic E-state index is 12.7. The minimum atomic E-state index is -3.39. The molecule has 25 heavy (non-hydrogen) atoms. The van der Waals surface area contributed by atoms with Crippen LogP contribution in [0.15, 0.2) is 48.5 Å². The summed E-state index contributed by atoms with van der Waals surface area (Å²) in [6.07, 6.45) is 0. The van der Waals surface area contributed by atoms with Crippen molar-refractivity contribution in [2.75, 3.05) is 0 Å². The fraction of sp³-hybridized carbons (Fsp3) is 0.222. The van der Waals surface area contributed by atoms with Crippen LogP contribution in [-0.2, 0) is 35.4 Å². The van der Waals surface area contributed by atoms with Crippen molar-refractivity contribution in [1.82, 2.24) is 19.1 Å². The molecule has 4 rings (SSSR count). The van der Waals surface area contributed by atoms with Crippen molar-refractivity contribution in [3.05, 3.63) is 60.2 Å². The molecule has 0 bridgehead atoms. The van der Waals surface area contributed by atoms with E-state index >= 15 is 0 Å². The predicted molar refractivity (Wildman–Crippen MR) is 97.8 cm³/mol. The first kappa shape index (κ1) is 15.8. The Hall–Kier alpha value is -2.67. The van der Waals surface area contributed by atoms with E-state index in [9.17, 15) is 8.42 Å². The Morgan fingerprint density at radius 1 is 0.760 bits per heavy atom. The summed E-state index contributed by atoms with van der Waals surface area (Å²) < 4.78 is 29.1. The molecule has 0 saturated carbocycles. The van der Waals surface area contributed by atoms with Crippen molar-refractivity contribution in [1.29, 1.82) is 0 Å². The number of hydrogen-bond acceptors (Lipinski definition) is 4. The molecule has 2 aromatic heterocycles. The van der Waals surface area contributed by atoms with Gasteiger partial charge in [0.1, 0.15) is 23.2 Å². The predicted octanol–water partition coefficient (Wildman–Crippen LogP) is 2.58. The molecule has 0 saturated heterocycles. The normalized spacial score (nSPS) is 12.2. The van der Waals surface area contributed by atoms with E-state index in [0.717, 1.165) is 22.1 Å². The van der Waals surface area contributed by atoms with Gasteiger partial charge < -0.3 is 9.13 Å². The van der Waals surface area contributed by atoms with E-state index in [1.54, 1.807) is 0 Å². The summed E-state index contributed by atoms with van der Waals surface area (Å²) in [7, 11) is 0.290. The first-order chi connectivity index (χ1) is 11.9. The van der Waals surface area contributed by atoms with E-state index in [1.807, 2.05) is 71.8 Å². The average molecular weight is 354 g/mol. The van der Waals surface area contributed by atoms with Crippen LogP contribution in [0.3, 0.4) is 0 Å². The van der Waals surface area contributed by atoms with Crippen LogP contribution in [0.1, 0.15) is 11.6 Å². The molecule has 2 heterocycles. The summed E-state index contributed by atoms with van der Waals surface area (Å²) in [6.45, 7) is 0. The van der Waals surface area contributed by atoms with Gasteiger partial charge in [0, 0.05) is 14.1 Å². The molecule has 4 aromatic rings. The van der Waals surface area contributed by atoms with Crippen molar-refractivity contribution >= 4 is 31.9 Å². The van der Waals surface area contributed by atoms with Crippen molar-refractivity contribution in [3.8, 4) is 0 Å². The maximum Gasteiger partial charge on any atom is 0.164 e. The van der Waals surface area contributed by atoms with Gasteiger partial charge in [-0.2, -0.15) is 0 Å². The van der Waals surface area contributed by atoms with Crippen LogP contribution < -0.4 is 0 Å². The third-order valence-electron chi connectivity index (χ3n) is 4.46. The molecule has 0 fully saturated rings. The highest BCUT2D eigenvalue weighted by Gasteiger charge is 2.21. The van der Waals surface area contributed by atoms with Gasteiger partial charge in [0.15, 0.2) is 9.84 Å². The molecule has 6 nitrogen and oxygen atoms in total. The Balaban J connectivity index is 1.67. The second kappa shape index (κ2) is 5.70. The Morgan fingerprint density at radius 3 is 1.56 bits per heavy atom. The largest absolute Gasteiger partial charge is 0.330 e. The van der Waals surface area contributed by atoms with Crippen LogP contribution in [0.25, 0.3) is 22.1 Å². The van der Waals surface area contributed by atoms with E-state index in [-0.39, 0.29) is 11.5 Å². The third-order valence-corrected chi connectivity index (χ3v) is 5.85. The van der Waals surface area contributed by atoms with Gasteiger partial charge >= 0.3 is 0 Å². The zero-order valence-corrected chi connectivity index (χ0v) is 14.9. The summed E-state index contributed by atoms with van der Waals surface area (Å²) in [5.41, 5.74) is 3.46. The number of fused-ring (bicyclic) bond motifs is 2. The van der Waals surface area contributed by atoms with Crippen molar-refractivity contribution in [2.45, 2.75) is 11.5 Å². The number of hydrogen-bond donors (Lipinski definition) is 0. The Kier molecular flexibility index (Phi) is 3.61. The van der Waals surface area contributed by atoms with E-state index < -0.39 is 9.84 Å². The average Bonchev–Trinajstić information content (AvgIpc) is 3.05. The zero-order chi connectivity index (χ0) is 17.6. The first-order valence-corrected chi connectivity index (χ1v) is 9.78. The van der Waals surface area contributed by atoms with Gasteiger partial charge in [-0.25, -0.2) is 18.4 Å². The minimum Gasteiger partial charge on any atom is -0.330 e. The number of rotatable bonds is 4. The van der Waals surface area contributed by atoms with E-state index in [1.165, 1.54) is 0 Å². The molecule has 0 unspecified atom stereocenters. The fourth-order valence-corrected chi connectivity index (χ4v) is 4.50. The minimum absolute atomic E-state index is 0.110. The second-order valence-corrected chi connectivity index (χ2v) is 8.25. The van der Waals surface area contributed by atoms with Gasteiger partial charge in [-0.05, 0) is 24.3 Å². The molecule has 0 N–H and O–H groups in total. The van der Waals surface area contributed by atoms with Crippen molar-refractivity contribution in [2.24, 2.45) is 14.1 Å². The van der Waals surface area contributed by atoms with E-state index in [0.29, 0.717) is 11.6 Å². The molecule has 0 atom stereocenters. The van der Waals surface area contributed by atoms with Crippen LogP contribution in [0, 0.1) is 0 Å². The lowest BCUT2D eigenvalue weighted by Crippen LogP contribution is -2.13. The van der Waals surface area contributed by atoms with Crippen LogP contribution >= 0.6 is 0 Å². The number of imidazole rings is 2. The number of aromatic nitrogens is 4. The molecule has 7 heteroatoms. The highest BCUT2D eigenvalue weighted by molar-refractivity contribution is 7.89. The van der Waals surface area contributed by atoms with Gasteiger partial charge in [-0.3, -0.25) is 0 Å². The number of sulfone groups is 1. The third kappa shape index (κ3) is 2.80. The van der Waals surface area contributed by atoms with Crippen LogP contribution in [0.4, 0.5) is 0 Å².